The van der Waals surface area contributed by atoms with E-state index in [1.54, 1.807) is 13.3 Å². The number of hydrogen-bond acceptors (Lipinski definition) is 3. The molecule has 1 aromatic heterocycles. The van der Waals surface area contributed by atoms with Crippen LogP contribution in [0.2, 0.25) is 0 Å². The van der Waals surface area contributed by atoms with Crippen molar-refractivity contribution in [2.75, 3.05) is 12.4 Å². The molecule has 2 rings (SSSR count). The van der Waals surface area contributed by atoms with Crippen LogP contribution in [0.4, 0.5) is 5.69 Å². The Bertz CT molecular complexity index is 529. The fourth-order valence-corrected chi connectivity index (χ4v) is 2.19. The molecular weight excluding hydrogens is 360 g/mol. The zero-order valence-electron chi connectivity index (χ0n) is 9.78. The maximum absolute atomic E-state index is 5.21. The van der Waals surface area contributed by atoms with E-state index in [1.165, 1.54) is 0 Å². The molecule has 0 atom stereocenters. The van der Waals surface area contributed by atoms with Gasteiger partial charge in [0.15, 0.2) is 0 Å². The number of anilines is 1. The first kappa shape index (κ1) is 13.4. The van der Waals surface area contributed by atoms with Crippen molar-refractivity contribution in [3.8, 4) is 5.75 Å². The van der Waals surface area contributed by atoms with Crippen LogP contribution in [0.15, 0.2) is 45.5 Å². The minimum atomic E-state index is 0.673. The van der Waals surface area contributed by atoms with Gasteiger partial charge in [-0.1, -0.05) is 15.9 Å². The second-order valence-electron chi connectivity index (χ2n) is 3.70. The number of aromatic nitrogens is 1. The van der Waals surface area contributed by atoms with Crippen molar-refractivity contribution in [1.29, 1.82) is 0 Å². The van der Waals surface area contributed by atoms with Crippen molar-refractivity contribution >= 4 is 37.5 Å². The van der Waals surface area contributed by atoms with Gasteiger partial charge in [0.25, 0.3) is 0 Å². The van der Waals surface area contributed by atoms with Crippen LogP contribution < -0.4 is 10.1 Å². The summed E-state index contributed by atoms with van der Waals surface area (Å²) in [5.74, 6) is 0.815. The smallest absolute Gasteiger partial charge is 0.122 e. The summed E-state index contributed by atoms with van der Waals surface area (Å²) in [4.78, 5) is 4.31. The Morgan fingerprint density at radius 2 is 2.00 bits per heavy atom. The third kappa shape index (κ3) is 3.71. The Kier molecular flexibility index (Phi) is 4.60. The van der Waals surface area contributed by atoms with Gasteiger partial charge in [0, 0.05) is 26.9 Å². The topological polar surface area (TPSA) is 34.1 Å². The lowest BCUT2D eigenvalue weighted by Gasteiger charge is -2.08. The molecule has 0 amide bonds. The SMILES string of the molecule is COc1cc(Br)cc(NCc2ccc(Br)cn2)c1. The molecule has 0 aliphatic heterocycles. The van der Waals surface area contributed by atoms with Crippen LogP contribution in [0.5, 0.6) is 5.75 Å². The number of benzene rings is 1. The highest BCUT2D eigenvalue weighted by atomic mass is 79.9. The van der Waals surface area contributed by atoms with Gasteiger partial charge in [0.2, 0.25) is 0 Å². The maximum atomic E-state index is 5.21. The number of ether oxygens (including phenoxy) is 1. The van der Waals surface area contributed by atoms with Gasteiger partial charge >= 0.3 is 0 Å². The Balaban J connectivity index is 2.05. The van der Waals surface area contributed by atoms with Gasteiger partial charge in [-0.2, -0.15) is 0 Å². The first-order valence-corrected chi connectivity index (χ1v) is 6.95. The van der Waals surface area contributed by atoms with E-state index < -0.39 is 0 Å². The lowest BCUT2D eigenvalue weighted by atomic mass is 10.3. The molecule has 0 radical (unpaired) electrons. The predicted octanol–water partition coefficient (Wildman–Crippen LogP) is 4.23. The molecule has 5 heteroatoms. The van der Waals surface area contributed by atoms with Crippen molar-refractivity contribution in [3.63, 3.8) is 0 Å². The molecule has 2 aromatic rings. The van der Waals surface area contributed by atoms with Crippen LogP contribution in [0, 0.1) is 0 Å². The second-order valence-corrected chi connectivity index (χ2v) is 5.53. The van der Waals surface area contributed by atoms with E-state index in [9.17, 15) is 0 Å². The molecule has 18 heavy (non-hydrogen) atoms. The molecule has 3 nitrogen and oxygen atoms in total. The van der Waals surface area contributed by atoms with Gasteiger partial charge in [-0.05, 0) is 40.2 Å². The summed E-state index contributed by atoms with van der Waals surface area (Å²) in [5, 5.41) is 3.31. The standard InChI is InChI=1S/C13H12Br2N2O/c1-18-13-5-10(15)4-12(6-13)17-8-11-3-2-9(14)7-16-11/h2-7,17H,8H2,1H3. The summed E-state index contributed by atoms with van der Waals surface area (Å²) in [5.41, 5.74) is 1.98. The van der Waals surface area contributed by atoms with Crippen LogP contribution >= 0.6 is 31.9 Å². The van der Waals surface area contributed by atoms with Gasteiger partial charge in [-0.3, -0.25) is 4.98 Å². The van der Waals surface area contributed by atoms with E-state index in [-0.39, 0.29) is 0 Å². The van der Waals surface area contributed by atoms with Crippen molar-refractivity contribution in [2.45, 2.75) is 6.54 Å². The summed E-state index contributed by atoms with van der Waals surface area (Å²) in [6, 6.07) is 9.83. The number of pyridine rings is 1. The van der Waals surface area contributed by atoms with Crippen LogP contribution in [-0.4, -0.2) is 12.1 Å². The second kappa shape index (κ2) is 6.20. The van der Waals surface area contributed by atoms with Gasteiger partial charge in [-0.25, -0.2) is 0 Å². The number of rotatable bonds is 4. The molecule has 1 N–H and O–H groups in total. The number of halogens is 2. The third-order valence-electron chi connectivity index (χ3n) is 2.37. The fraction of sp³-hybridized carbons (Fsp3) is 0.154. The lowest BCUT2D eigenvalue weighted by molar-refractivity contribution is 0.414. The number of nitrogens with zero attached hydrogens (tertiary/aromatic N) is 1. The van der Waals surface area contributed by atoms with Crippen molar-refractivity contribution in [2.24, 2.45) is 0 Å². The quantitative estimate of drug-likeness (QED) is 0.873. The summed E-state index contributed by atoms with van der Waals surface area (Å²) in [7, 11) is 1.65. The first-order valence-electron chi connectivity index (χ1n) is 5.36. The summed E-state index contributed by atoms with van der Waals surface area (Å²) < 4.78 is 7.17. The van der Waals surface area contributed by atoms with Crippen LogP contribution in [0.1, 0.15) is 5.69 Å². The van der Waals surface area contributed by atoms with Gasteiger partial charge < -0.3 is 10.1 Å². The number of hydrogen-bond donors (Lipinski definition) is 1. The first-order chi connectivity index (χ1) is 8.67. The Morgan fingerprint density at radius 1 is 1.17 bits per heavy atom. The molecule has 1 aromatic carbocycles. The average molecular weight is 372 g/mol. The lowest BCUT2D eigenvalue weighted by Crippen LogP contribution is -2.01. The minimum absolute atomic E-state index is 0.673. The highest BCUT2D eigenvalue weighted by Gasteiger charge is 2.00. The Morgan fingerprint density at radius 3 is 2.67 bits per heavy atom. The molecule has 0 bridgehead atoms. The van der Waals surface area contributed by atoms with Crippen molar-refractivity contribution < 1.29 is 4.74 Å². The van der Waals surface area contributed by atoms with Crippen LogP contribution in [0.3, 0.4) is 0 Å². The third-order valence-corrected chi connectivity index (χ3v) is 3.30. The van der Waals surface area contributed by atoms with E-state index >= 15 is 0 Å². The highest BCUT2D eigenvalue weighted by Crippen LogP contribution is 2.24. The average Bonchev–Trinajstić information content (AvgIpc) is 2.37. The zero-order valence-corrected chi connectivity index (χ0v) is 13.0. The molecule has 1 heterocycles. The van der Waals surface area contributed by atoms with Crippen LogP contribution in [0.25, 0.3) is 0 Å². The van der Waals surface area contributed by atoms with Crippen molar-refractivity contribution in [1.82, 2.24) is 4.98 Å². The van der Waals surface area contributed by atoms with Crippen molar-refractivity contribution in [3.05, 3.63) is 51.2 Å². The molecule has 0 aliphatic carbocycles. The summed E-state index contributed by atoms with van der Waals surface area (Å²) >= 11 is 6.81. The molecule has 0 saturated carbocycles. The Hall–Kier alpha value is -1.07. The van der Waals surface area contributed by atoms with Gasteiger partial charge in [0.05, 0.1) is 19.3 Å². The van der Waals surface area contributed by atoms with E-state index in [2.05, 4.69) is 42.2 Å². The largest absolute Gasteiger partial charge is 0.497 e. The molecule has 0 saturated heterocycles. The highest BCUT2D eigenvalue weighted by molar-refractivity contribution is 9.10. The monoisotopic (exact) mass is 370 g/mol. The molecule has 0 fully saturated rings. The molecule has 0 unspecified atom stereocenters. The fourth-order valence-electron chi connectivity index (χ4n) is 1.49. The number of nitrogens with one attached hydrogen (secondary N) is 1. The van der Waals surface area contributed by atoms with E-state index in [1.807, 2.05) is 30.3 Å². The molecule has 0 aliphatic rings. The Labute approximate surface area is 123 Å². The zero-order chi connectivity index (χ0) is 13.0. The van der Waals surface area contributed by atoms with Gasteiger partial charge in [-0.15, -0.1) is 0 Å². The molecule has 0 spiro atoms. The maximum Gasteiger partial charge on any atom is 0.122 e. The van der Waals surface area contributed by atoms with E-state index in [4.69, 9.17) is 4.74 Å². The summed E-state index contributed by atoms with van der Waals surface area (Å²) in [6.07, 6.45) is 1.79. The molecular formula is C13H12Br2N2O. The van der Waals surface area contributed by atoms with E-state index in [0.29, 0.717) is 6.54 Å². The van der Waals surface area contributed by atoms with Crippen LogP contribution in [-0.2, 0) is 6.54 Å². The minimum Gasteiger partial charge on any atom is -0.497 e. The normalized spacial score (nSPS) is 10.2. The number of methoxy groups -OCH3 is 1. The van der Waals surface area contributed by atoms with Gasteiger partial charge in [0.1, 0.15) is 5.75 Å². The predicted molar refractivity (Wildman–Crippen MR) is 80.0 cm³/mol. The summed E-state index contributed by atoms with van der Waals surface area (Å²) in [6.45, 7) is 0.673. The molecule has 94 valence electrons. The van der Waals surface area contributed by atoms with E-state index in [0.717, 1.165) is 26.1 Å².